The summed E-state index contributed by atoms with van der Waals surface area (Å²) in [4.78, 5) is 16.5. The number of amides is 2. The minimum absolute atomic E-state index is 0.215. The van der Waals surface area contributed by atoms with E-state index in [2.05, 4.69) is 9.88 Å². The van der Waals surface area contributed by atoms with E-state index in [4.69, 9.17) is 0 Å². The molecule has 1 aliphatic carbocycles. The molecule has 0 fully saturated rings. The molecule has 3 aromatic rings. The largest absolute Gasteiger partial charge is 0.338 e. The van der Waals surface area contributed by atoms with Crippen LogP contribution in [0.25, 0.3) is 5.00 Å². The molecule has 0 bridgehead atoms. The van der Waals surface area contributed by atoms with Crippen molar-refractivity contribution in [3.05, 3.63) is 75.4 Å². The molecule has 7 heteroatoms. The topological polar surface area (TPSA) is 37.3 Å². The van der Waals surface area contributed by atoms with Crippen molar-refractivity contribution in [3.63, 3.8) is 0 Å². The summed E-state index contributed by atoms with van der Waals surface area (Å²) in [5.41, 5.74) is 3.80. The molecular weight excluding hydrogens is 416 g/mol. The number of nitrogens with one attached hydrogen (secondary N) is 1. The summed E-state index contributed by atoms with van der Waals surface area (Å²) in [5.74, 6) is -1.28. The van der Waals surface area contributed by atoms with Crippen LogP contribution < -0.4 is 5.32 Å². The number of aryl methyl sites for hydroxylation is 1. The van der Waals surface area contributed by atoms with Gasteiger partial charge in [-0.25, -0.2) is 13.6 Å². The van der Waals surface area contributed by atoms with Gasteiger partial charge in [-0.1, -0.05) is 6.92 Å². The number of benzene rings is 1. The molecule has 31 heavy (non-hydrogen) atoms. The highest BCUT2D eigenvalue weighted by Gasteiger charge is 2.36. The molecule has 2 aliphatic rings. The first kappa shape index (κ1) is 20.2. The minimum atomic E-state index is -0.640. The van der Waals surface area contributed by atoms with Gasteiger partial charge in [-0.05, 0) is 67.5 Å². The summed E-state index contributed by atoms with van der Waals surface area (Å²) in [6.45, 7) is 2.97. The van der Waals surface area contributed by atoms with Gasteiger partial charge in [0.15, 0.2) is 0 Å². The average molecular weight is 442 g/mol. The van der Waals surface area contributed by atoms with Gasteiger partial charge >= 0.3 is 6.03 Å². The number of fused-ring (bicyclic) bond motifs is 5. The van der Waals surface area contributed by atoms with E-state index in [1.165, 1.54) is 34.6 Å². The predicted octanol–water partition coefficient (Wildman–Crippen LogP) is 5.72. The van der Waals surface area contributed by atoms with Crippen LogP contribution in [-0.2, 0) is 19.4 Å². The lowest BCUT2D eigenvalue weighted by Gasteiger charge is -2.31. The molecule has 1 atom stereocenters. The normalized spacial score (nSPS) is 17.5. The van der Waals surface area contributed by atoms with E-state index in [0.29, 0.717) is 18.7 Å². The second-order valence-corrected chi connectivity index (χ2v) is 9.35. The van der Waals surface area contributed by atoms with Crippen molar-refractivity contribution < 1.29 is 13.6 Å². The maximum absolute atomic E-state index is 14.2. The Morgan fingerprint density at radius 3 is 2.71 bits per heavy atom. The van der Waals surface area contributed by atoms with Gasteiger partial charge in [0.1, 0.15) is 22.7 Å². The van der Waals surface area contributed by atoms with E-state index in [9.17, 15) is 13.6 Å². The highest BCUT2D eigenvalue weighted by molar-refractivity contribution is 7.15. The fourth-order valence-corrected chi connectivity index (χ4v) is 6.21. The lowest BCUT2D eigenvalue weighted by molar-refractivity contribution is 0.180. The van der Waals surface area contributed by atoms with Crippen LogP contribution in [0.15, 0.2) is 36.5 Å². The first-order valence-electron chi connectivity index (χ1n) is 10.9. The summed E-state index contributed by atoms with van der Waals surface area (Å²) in [6.07, 6.45) is 7.23. The highest BCUT2D eigenvalue weighted by atomic mass is 32.1. The number of hydrogen-bond donors (Lipinski definition) is 1. The summed E-state index contributed by atoms with van der Waals surface area (Å²) in [5, 5.41) is 4.10. The lowest BCUT2D eigenvalue weighted by Crippen LogP contribution is -2.42. The molecule has 0 spiro atoms. The van der Waals surface area contributed by atoms with Crippen LogP contribution in [-0.4, -0.2) is 22.0 Å². The third kappa shape index (κ3) is 3.55. The first-order chi connectivity index (χ1) is 15.1. The lowest BCUT2D eigenvalue weighted by atomic mass is 9.95. The van der Waals surface area contributed by atoms with Crippen LogP contribution in [0.4, 0.5) is 13.6 Å². The molecule has 0 saturated carbocycles. The Morgan fingerprint density at radius 1 is 1.16 bits per heavy atom. The Labute approximate surface area is 184 Å². The molecule has 4 nitrogen and oxygen atoms in total. The summed E-state index contributed by atoms with van der Waals surface area (Å²) in [6, 6.07) is 6.62. The van der Waals surface area contributed by atoms with Crippen LogP contribution in [0.5, 0.6) is 0 Å². The smallest absolute Gasteiger partial charge is 0.318 e. The van der Waals surface area contributed by atoms with Crippen molar-refractivity contribution in [3.8, 4) is 5.00 Å². The molecule has 3 heterocycles. The standard InChI is InChI=1S/C24H25F2N3OS/c1-2-9-27-24(30)29-14-19-18-6-3-4-8-21(18)31-23(19)28-10-5-7-20(28)22(29)15-11-16(25)13-17(26)12-15/h5,7,10-13,22H,2-4,6,8-9,14H2,1H3,(H,27,30). The van der Waals surface area contributed by atoms with Crippen LogP contribution in [0, 0.1) is 11.6 Å². The fourth-order valence-electron chi connectivity index (χ4n) is 4.80. The third-order valence-corrected chi connectivity index (χ3v) is 7.50. The van der Waals surface area contributed by atoms with Gasteiger partial charge in [-0.2, -0.15) is 0 Å². The molecule has 2 amide bonds. The molecule has 0 radical (unpaired) electrons. The summed E-state index contributed by atoms with van der Waals surface area (Å²) < 4.78 is 30.5. The monoisotopic (exact) mass is 441 g/mol. The molecule has 1 N–H and O–H groups in total. The maximum Gasteiger partial charge on any atom is 0.318 e. The summed E-state index contributed by atoms with van der Waals surface area (Å²) >= 11 is 1.79. The van der Waals surface area contributed by atoms with E-state index in [1.54, 1.807) is 16.2 Å². The van der Waals surface area contributed by atoms with Gasteiger partial charge < -0.3 is 14.8 Å². The molecule has 0 saturated heterocycles. The number of nitrogens with zero attached hydrogens (tertiary/aromatic N) is 2. The Bertz CT molecular complexity index is 1120. The Morgan fingerprint density at radius 2 is 1.94 bits per heavy atom. The number of urea groups is 1. The van der Waals surface area contributed by atoms with Gasteiger partial charge in [0, 0.05) is 29.2 Å². The first-order valence-corrected chi connectivity index (χ1v) is 11.7. The van der Waals surface area contributed by atoms with Crippen molar-refractivity contribution in [2.45, 2.75) is 51.6 Å². The molecule has 2 aromatic heterocycles. The predicted molar refractivity (Wildman–Crippen MR) is 118 cm³/mol. The quantitative estimate of drug-likeness (QED) is 0.555. The zero-order chi connectivity index (χ0) is 21.5. The second kappa shape index (κ2) is 8.11. The molecule has 162 valence electrons. The highest BCUT2D eigenvalue weighted by Crippen LogP contribution is 2.44. The number of halogens is 2. The van der Waals surface area contributed by atoms with Crippen molar-refractivity contribution in [1.82, 2.24) is 14.8 Å². The second-order valence-electron chi connectivity index (χ2n) is 8.26. The average Bonchev–Trinajstić information content (AvgIpc) is 3.33. The van der Waals surface area contributed by atoms with Gasteiger partial charge in [0.25, 0.3) is 0 Å². The van der Waals surface area contributed by atoms with E-state index >= 15 is 0 Å². The van der Waals surface area contributed by atoms with Gasteiger partial charge in [0.05, 0.1) is 12.2 Å². The molecule has 1 aliphatic heterocycles. The van der Waals surface area contributed by atoms with Crippen LogP contribution in [0.1, 0.15) is 59.5 Å². The minimum Gasteiger partial charge on any atom is -0.338 e. The zero-order valence-corrected chi connectivity index (χ0v) is 18.3. The number of thiophene rings is 1. The number of aromatic nitrogens is 1. The van der Waals surface area contributed by atoms with Crippen LogP contribution in [0.3, 0.4) is 0 Å². The molecule has 5 rings (SSSR count). The molecule has 1 unspecified atom stereocenters. The van der Waals surface area contributed by atoms with Gasteiger partial charge in [-0.15, -0.1) is 11.3 Å². The number of rotatable bonds is 3. The van der Waals surface area contributed by atoms with E-state index in [1.807, 2.05) is 25.3 Å². The number of carbonyl (C=O) groups is 1. The summed E-state index contributed by atoms with van der Waals surface area (Å²) in [7, 11) is 0. The zero-order valence-electron chi connectivity index (χ0n) is 17.5. The number of hydrogen-bond acceptors (Lipinski definition) is 2. The van der Waals surface area contributed by atoms with Crippen molar-refractivity contribution in [2.75, 3.05) is 6.54 Å². The maximum atomic E-state index is 14.2. The van der Waals surface area contributed by atoms with E-state index in [0.717, 1.165) is 42.4 Å². The third-order valence-electron chi connectivity index (χ3n) is 6.17. The number of carbonyl (C=O) groups excluding carboxylic acids is 1. The van der Waals surface area contributed by atoms with Gasteiger partial charge in [-0.3, -0.25) is 0 Å². The Balaban J connectivity index is 1.70. The van der Waals surface area contributed by atoms with E-state index in [-0.39, 0.29) is 6.03 Å². The van der Waals surface area contributed by atoms with Crippen LogP contribution in [0.2, 0.25) is 0 Å². The van der Waals surface area contributed by atoms with Crippen LogP contribution >= 0.6 is 11.3 Å². The van der Waals surface area contributed by atoms with Crippen molar-refractivity contribution >= 4 is 17.4 Å². The fraction of sp³-hybridized carbons (Fsp3) is 0.375. The van der Waals surface area contributed by atoms with Crippen molar-refractivity contribution in [2.24, 2.45) is 0 Å². The Hall–Kier alpha value is -2.67. The molecule has 1 aromatic carbocycles. The van der Waals surface area contributed by atoms with Gasteiger partial charge in [0.2, 0.25) is 0 Å². The Kier molecular flexibility index (Phi) is 5.30. The molecular formula is C24H25F2N3OS. The van der Waals surface area contributed by atoms with E-state index < -0.39 is 17.7 Å². The van der Waals surface area contributed by atoms with Crippen molar-refractivity contribution in [1.29, 1.82) is 0 Å². The SMILES string of the molecule is CCCNC(=O)N1Cc2c(sc3c2CCCC3)-n2cccc2C1c1cc(F)cc(F)c1.